The Morgan fingerprint density at radius 2 is 2.24 bits per heavy atom. The van der Waals surface area contributed by atoms with Gasteiger partial charge in [-0.25, -0.2) is 9.78 Å². The van der Waals surface area contributed by atoms with Gasteiger partial charge in [0, 0.05) is 25.8 Å². The second kappa shape index (κ2) is 7.00. The Morgan fingerprint density at radius 1 is 1.32 bits per heavy atom. The molecule has 2 amide bonds. The number of pyridine rings is 1. The lowest BCUT2D eigenvalue weighted by molar-refractivity contribution is 0.115. The molecular formula is C18H26N6O. The van der Waals surface area contributed by atoms with Crippen LogP contribution < -0.4 is 10.6 Å². The van der Waals surface area contributed by atoms with Crippen molar-refractivity contribution in [2.75, 3.05) is 25.0 Å². The van der Waals surface area contributed by atoms with Crippen LogP contribution in [0.1, 0.15) is 32.1 Å². The lowest BCUT2D eigenvalue weighted by Crippen LogP contribution is -2.52. The van der Waals surface area contributed by atoms with Crippen LogP contribution in [-0.4, -0.2) is 51.4 Å². The highest BCUT2D eigenvalue weighted by atomic mass is 16.2. The quantitative estimate of drug-likeness (QED) is 0.878. The molecule has 0 aromatic carbocycles. The van der Waals surface area contributed by atoms with Gasteiger partial charge in [0.15, 0.2) is 5.65 Å². The molecule has 2 atom stereocenters. The number of carbonyl (C=O) groups is 1. The third-order valence-electron chi connectivity index (χ3n) is 5.57. The molecular weight excluding hydrogens is 316 g/mol. The number of carbonyl (C=O) groups excluding carboxylic acids is 1. The summed E-state index contributed by atoms with van der Waals surface area (Å²) in [5, 5.41) is 11.7. The minimum atomic E-state index is 0.00614. The van der Waals surface area contributed by atoms with E-state index in [1.165, 1.54) is 19.3 Å². The first-order valence-electron chi connectivity index (χ1n) is 9.29. The number of hydrogen-bond acceptors (Lipinski definition) is 4. The molecule has 0 aliphatic carbocycles. The van der Waals surface area contributed by atoms with Crippen molar-refractivity contribution in [3.8, 4) is 0 Å². The maximum absolute atomic E-state index is 13.0. The molecule has 4 rings (SSSR count). The van der Waals surface area contributed by atoms with Crippen LogP contribution in [0.2, 0.25) is 0 Å². The van der Waals surface area contributed by atoms with Crippen LogP contribution in [0.4, 0.5) is 10.5 Å². The van der Waals surface area contributed by atoms with Crippen LogP contribution >= 0.6 is 0 Å². The number of piperidine rings is 2. The summed E-state index contributed by atoms with van der Waals surface area (Å²) < 4.78 is 1.72. The van der Waals surface area contributed by atoms with E-state index in [2.05, 4.69) is 25.6 Å². The molecule has 7 heteroatoms. The van der Waals surface area contributed by atoms with Crippen molar-refractivity contribution in [3.63, 3.8) is 0 Å². The Labute approximate surface area is 147 Å². The summed E-state index contributed by atoms with van der Waals surface area (Å²) in [6, 6.07) is 2.20. The van der Waals surface area contributed by atoms with E-state index in [1.807, 2.05) is 13.1 Å². The summed E-state index contributed by atoms with van der Waals surface area (Å²) >= 11 is 0. The van der Waals surface area contributed by atoms with Crippen molar-refractivity contribution in [1.82, 2.24) is 25.0 Å². The average molecular weight is 342 g/mol. The Morgan fingerprint density at radius 3 is 3.08 bits per heavy atom. The van der Waals surface area contributed by atoms with Gasteiger partial charge in [0.05, 0.1) is 17.3 Å². The topological polar surface area (TPSA) is 75.1 Å². The van der Waals surface area contributed by atoms with Gasteiger partial charge >= 0.3 is 6.03 Å². The highest BCUT2D eigenvalue weighted by Gasteiger charge is 2.33. The van der Waals surface area contributed by atoms with Crippen molar-refractivity contribution >= 4 is 22.8 Å². The summed E-state index contributed by atoms with van der Waals surface area (Å²) in [5.41, 5.74) is 1.57. The predicted molar refractivity (Wildman–Crippen MR) is 97.5 cm³/mol. The van der Waals surface area contributed by atoms with E-state index in [-0.39, 0.29) is 6.03 Å². The average Bonchev–Trinajstić information content (AvgIpc) is 3.05. The summed E-state index contributed by atoms with van der Waals surface area (Å²) in [6.07, 6.45) is 9.31. The van der Waals surface area contributed by atoms with Gasteiger partial charge in [0.25, 0.3) is 0 Å². The lowest BCUT2D eigenvalue weighted by atomic mass is 9.85. The monoisotopic (exact) mass is 342 g/mol. The van der Waals surface area contributed by atoms with Gasteiger partial charge in [-0.1, -0.05) is 0 Å². The van der Waals surface area contributed by atoms with Crippen molar-refractivity contribution in [2.45, 2.75) is 38.1 Å². The standard InChI is InChI=1S/C18H26N6O/c1-23-17-14(12-21-23)15(7-9-20-17)22-18(25)24-10-3-2-6-16(24)13-5-4-8-19-11-13/h7,9,12-13,16,19H,2-6,8,10-11H2,1H3,(H,20,22,25). The molecule has 2 unspecified atom stereocenters. The van der Waals surface area contributed by atoms with Crippen LogP contribution in [0.25, 0.3) is 11.0 Å². The fourth-order valence-corrected chi connectivity index (χ4v) is 4.25. The van der Waals surface area contributed by atoms with E-state index < -0.39 is 0 Å². The van der Waals surface area contributed by atoms with Crippen molar-refractivity contribution < 1.29 is 4.79 Å². The zero-order valence-corrected chi connectivity index (χ0v) is 14.7. The maximum atomic E-state index is 13.0. The molecule has 2 N–H and O–H groups in total. The Hall–Kier alpha value is -2.15. The fourth-order valence-electron chi connectivity index (χ4n) is 4.25. The largest absolute Gasteiger partial charge is 0.322 e. The summed E-state index contributed by atoms with van der Waals surface area (Å²) in [4.78, 5) is 19.4. The second-order valence-electron chi connectivity index (χ2n) is 7.16. The minimum absolute atomic E-state index is 0.00614. The molecule has 134 valence electrons. The highest BCUT2D eigenvalue weighted by Crippen LogP contribution is 2.29. The number of fused-ring (bicyclic) bond motifs is 1. The van der Waals surface area contributed by atoms with Crippen LogP contribution in [0.3, 0.4) is 0 Å². The van der Waals surface area contributed by atoms with E-state index in [1.54, 1.807) is 17.1 Å². The molecule has 0 saturated carbocycles. The summed E-state index contributed by atoms with van der Waals surface area (Å²) in [5.74, 6) is 0.565. The van der Waals surface area contributed by atoms with Crippen molar-refractivity contribution in [1.29, 1.82) is 0 Å². The number of aromatic nitrogens is 3. The number of aryl methyl sites for hydroxylation is 1. The number of amides is 2. The first-order chi connectivity index (χ1) is 12.2. The van der Waals surface area contributed by atoms with Gasteiger partial charge in [-0.15, -0.1) is 0 Å². The summed E-state index contributed by atoms with van der Waals surface area (Å²) in [6.45, 7) is 2.97. The van der Waals surface area contributed by atoms with Crippen molar-refractivity contribution in [3.05, 3.63) is 18.5 Å². The second-order valence-corrected chi connectivity index (χ2v) is 7.16. The van der Waals surface area contributed by atoms with E-state index in [0.717, 1.165) is 49.2 Å². The lowest BCUT2D eigenvalue weighted by Gasteiger charge is -2.41. The maximum Gasteiger partial charge on any atom is 0.322 e. The van der Waals surface area contributed by atoms with Gasteiger partial charge in [0.1, 0.15) is 0 Å². The zero-order chi connectivity index (χ0) is 17.2. The molecule has 0 bridgehead atoms. The van der Waals surface area contributed by atoms with E-state index in [4.69, 9.17) is 0 Å². The Kier molecular flexibility index (Phi) is 4.57. The molecule has 7 nitrogen and oxygen atoms in total. The smallest absolute Gasteiger partial charge is 0.321 e. The van der Waals surface area contributed by atoms with E-state index >= 15 is 0 Å². The van der Waals surface area contributed by atoms with Gasteiger partial charge < -0.3 is 15.5 Å². The molecule has 0 radical (unpaired) electrons. The van der Waals surface area contributed by atoms with Crippen LogP contribution in [0.5, 0.6) is 0 Å². The SMILES string of the molecule is Cn1ncc2c(NC(=O)N3CCCCC3C3CCCNC3)ccnc21. The van der Waals surface area contributed by atoms with Gasteiger partial charge in [0.2, 0.25) is 0 Å². The number of likely N-dealkylation sites (tertiary alicyclic amines) is 1. The minimum Gasteiger partial charge on any atom is -0.321 e. The van der Waals surface area contributed by atoms with E-state index in [0.29, 0.717) is 12.0 Å². The predicted octanol–water partition coefficient (Wildman–Crippen LogP) is 2.35. The molecule has 2 aliphatic rings. The van der Waals surface area contributed by atoms with Gasteiger partial charge in [-0.2, -0.15) is 5.10 Å². The first kappa shape index (κ1) is 16.3. The van der Waals surface area contributed by atoms with Crippen LogP contribution in [-0.2, 0) is 7.05 Å². The first-order valence-corrected chi connectivity index (χ1v) is 9.29. The molecule has 0 spiro atoms. The highest BCUT2D eigenvalue weighted by molar-refractivity contribution is 5.99. The van der Waals surface area contributed by atoms with Gasteiger partial charge in [-0.3, -0.25) is 4.68 Å². The third kappa shape index (κ3) is 3.20. The van der Waals surface area contributed by atoms with Gasteiger partial charge in [-0.05, 0) is 57.2 Å². The number of urea groups is 1. The molecule has 2 aromatic rings. The molecule has 25 heavy (non-hydrogen) atoms. The summed E-state index contributed by atoms with van der Waals surface area (Å²) in [7, 11) is 1.86. The number of anilines is 1. The van der Waals surface area contributed by atoms with Crippen LogP contribution in [0, 0.1) is 5.92 Å². The van der Waals surface area contributed by atoms with E-state index in [9.17, 15) is 4.79 Å². The molecule has 2 aliphatic heterocycles. The fraction of sp³-hybridized carbons (Fsp3) is 0.611. The zero-order valence-electron chi connectivity index (χ0n) is 14.7. The number of nitrogens with one attached hydrogen (secondary N) is 2. The number of hydrogen-bond donors (Lipinski definition) is 2. The van der Waals surface area contributed by atoms with Crippen molar-refractivity contribution in [2.24, 2.45) is 13.0 Å². The number of rotatable bonds is 2. The normalized spacial score (nSPS) is 24.4. The third-order valence-corrected chi connectivity index (χ3v) is 5.57. The van der Waals surface area contributed by atoms with Crippen LogP contribution in [0.15, 0.2) is 18.5 Å². The molecule has 2 fully saturated rings. The Bertz CT molecular complexity index is 751. The Balaban J connectivity index is 1.53. The molecule has 2 aromatic heterocycles. The number of nitrogens with zero attached hydrogens (tertiary/aromatic N) is 4. The molecule has 4 heterocycles. The molecule has 2 saturated heterocycles.